The van der Waals surface area contributed by atoms with E-state index in [2.05, 4.69) is 9.97 Å². The number of imidazole rings is 1. The van der Waals surface area contributed by atoms with Gasteiger partial charge < -0.3 is 4.98 Å². The summed E-state index contributed by atoms with van der Waals surface area (Å²) >= 11 is 0. The van der Waals surface area contributed by atoms with E-state index in [4.69, 9.17) is 0 Å². The number of nitrogens with zero attached hydrogens (tertiary/aromatic N) is 2. The quantitative estimate of drug-likeness (QED) is 0.478. The lowest BCUT2D eigenvalue weighted by Crippen LogP contribution is -2.13. The minimum absolute atomic E-state index is 0.650. The van der Waals surface area contributed by atoms with Gasteiger partial charge in [-0.15, -0.1) is 0 Å². The van der Waals surface area contributed by atoms with E-state index in [9.17, 15) is 18.5 Å². The van der Waals surface area contributed by atoms with Gasteiger partial charge in [0.15, 0.2) is 4.33 Å². The molecule has 0 spiro atoms. The fraction of sp³-hybridized carbons (Fsp3) is 0. The number of aromatic amines is 1. The van der Waals surface area contributed by atoms with Crippen molar-refractivity contribution >= 4 is 10.0 Å². The van der Waals surface area contributed by atoms with Gasteiger partial charge in [-0.3, -0.25) is 0 Å². The van der Waals surface area contributed by atoms with Crippen molar-refractivity contribution in [3.05, 3.63) is 22.5 Å². The van der Waals surface area contributed by atoms with Crippen LogP contribution in [0.4, 0.5) is 0 Å². The first-order chi connectivity index (χ1) is 5.05. The second-order valence-electron chi connectivity index (χ2n) is 1.59. The van der Waals surface area contributed by atoms with E-state index in [0.29, 0.717) is 0 Å². The van der Waals surface area contributed by atoms with Gasteiger partial charge in [0.05, 0.1) is 0 Å². The zero-order chi connectivity index (χ0) is 8.48. The number of H-pyrrole nitrogens is 1. The average Bonchev–Trinajstić information content (AvgIpc) is 2.37. The van der Waals surface area contributed by atoms with Crippen LogP contribution in [0.1, 0.15) is 0 Å². The Labute approximate surface area is 61.3 Å². The highest BCUT2D eigenvalue weighted by Crippen LogP contribution is 2.02. The molecule has 60 valence electrons. The maximum Gasteiger partial charge on any atom is 0.482 e. The first-order valence-electron chi connectivity index (χ1n) is 2.44. The van der Waals surface area contributed by atoms with Gasteiger partial charge in [0.1, 0.15) is 0 Å². The van der Waals surface area contributed by atoms with Crippen LogP contribution in [0.5, 0.6) is 0 Å². The van der Waals surface area contributed by atoms with Crippen LogP contribution in [0.15, 0.2) is 17.6 Å². The third-order valence-corrected chi connectivity index (χ3v) is 2.02. The van der Waals surface area contributed by atoms with Crippen molar-refractivity contribution in [1.82, 2.24) is 9.97 Å². The number of rotatable bonds is 2. The van der Waals surface area contributed by atoms with Crippen LogP contribution in [0.2, 0.25) is 0 Å². The van der Waals surface area contributed by atoms with Crippen molar-refractivity contribution in [2.45, 2.75) is 5.16 Å². The Bertz CT molecular complexity index is 352. The van der Waals surface area contributed by atoms with Gasteiger partial charge in [-0.25, -0.2) is 15.1 Å². The maximum absolute atomic E-state index is 10.6. The molecule has 1 heterocycles. The summed E-state index contributed by atoms with van der Waals surface area (Å²) in [6.07, 6.45) is 2.31. The van der Waals surface area contributed by atoms with Gasteiger partial charge in [0, 0.05) is 12.4 Å². The molecule has 0 atom stereocenters. The SMILES string of the molecule is O=[N+]([O-])S(=O)(=O)c1ncc[nH]1. The number of hydrogen-bond donors (Lipinski definition) is 1. The average molecular weight is 177 g/mol. The highest BCUT2D eigenvalue weighted by Gasteiger charge is 2.29. The molecule has 1 aromatic heterocycles. The molecule has 1 N–H and O–H groups in total. The molecule has 0 aromatic carbocycles. The maximum atomic E-state index is 10.6. The van der Waals surface area contributed by atoms with Crippen molar-refractivity contribution in [2.75, 3.05) is 0 Å². The normalized spacial score (nSPS) is 11.3. The number of nitro groups is 1. The van der Waals surface area contributed by atoms with E-state index in [0.717, 1.165) is 6.20 Å². The standard InChI is InChI=1S/C3H3N3O4S/c7-6(8)11(9,10)3-4-1-2-5-3/h1-2H,(H,4,5). The third kappa shape index (κ3) is 1.19. The topological polar surface area (TPSA) is 106 Å². The molecule has 1 rings (SSSR count). The molecule has 11 heavy (non-hydrogen) atoms. The van der Waals surface area contributed by atoms with E-state index >= 15 is 0 Å². The third-order valence-electron chi connectivity index (χ3n) is 0.914. The lowest BCUT2D eigenvalue weighted by Gasteiger charge is -1.86. The molecule has 0 bridgehead atoms. The summed E-state index contributed by atoms with van der Waals surface area (Å²) in [5.41, 5.74) is 0. The Balaban J connectivity index is 3.22. The van der Waals surface area contributed by atoms with Gasteiger partial charge >= 0.3 is 10.0 Å². The van der Waals surface area contributed by atoms with Crippen molar-refractivity contribution in [3.63, 3.8) is 0 Å². The summed E-state index contributed by atoms with van der Waals surface area (Å²) < 4.78 is 19.8. The minimum atomic E-state index is -4.48. The van der Waals surface area contributed by atoms with Gasteiger partial charge in [0.25, 0.3) is 5.16 Å². The van der Waals surface area contributed by atoms with Crippen molar-refractivity contribution < 1.29 is 12.7 Å². The van der Waals surface area contributed by atoms with Crippen molar-refractivity contribution in [1.29, 1.82) is 0 Å². The van der Waals surface area contributed by atoms with Gasteiger partial charge in [-0.05, 0) is 0 Å². The molecule has 7 nitrogen and oxygen atoms in total. The summed E-state index contributed by atoms with van der Waals surface area (Å²) in [6.45, 7) is 0. The van der Waals surface area contributed by atoms with E-state index in [-0.39, 0.29) is 0 Å². The lowest BCUT2D eigenvalue weighted by atomic mass is 11.0. The first-order valence-corrected chi connectivity index (χ1v) is 3.88. The zero-order valence-electron chi connectivity index (χ0n) is 5.09. The fourth-order valence-corrected chi connectivity index (χ4v) is 1.01. The molecular weight excluding hydrogens is 174 g/mol. The summed E-state index contributed by atoms with van der Waals surface area (Å²) in [6, 6.07) is 0. The van der Waals surface area contributed by atoms with Crippen LogP contribution in [0.3, 0.4) is 0 Å². The predicted molar refractivity (Wildman–Crippen MR) is 32.8 cm³/mol. The molecule has 0 amide bonds. The second-order valence-corrected chi connectivity index (χ2v) is 3.23. The van der Waals surface area contributed by atoms with Crippen LogP contribution >= 0.6 is 0 Å². The summed E-state index contributed by atoms with van der Waals surface area (Å²) in [7, 11) is -4.48. The predicted octanol–water partition coefficient (Wildman–Crippen LogP) is -0.625. The van der Waals surface area contributed by atoms with Gasteiger partial charge in [0.2, 0.25) is 0 Å². The zero-order valence-corrected chi connectivity index (χ0v) is 5.91. The summed E-state index contributed by atoms with van der Waals surface area (Å²) in [5.74, 6) is 0. The second kappa shape index (κ2) is 2.31. The van der Waals surface area contributed by atoms with Gasteiger partial charge in [-0.1, -0.05) is 0 Å². The Hall–Kier alpha value is -1.44. The molecule has 0 radical (unpaired) electrons. The monoisotopic (exact) mass is 177 g/mol. The molecule has 0 aliphatic heterocycles. The Morgan fingerprint density at radius 2 is 2.27 bits per heavy atom. The first kappa shape index (κ1) is 7.66. The van der Waals surface area contributed by atoms with Crippen molar-refractivity contribution in [3.8, 4) is 0 Å². The molecule has 0 aliphatic carbocycles. The molecule has 0 aliphatic rings. The molecular formula is C3H3N3O4S. The minimum Gasteiger partial charge on any atom is -0.330 e. The Morgan fingerprint density at radius 1 is 1.64 bits per heavy atom. The van der Waals surface area contributed by atoms with E-state index in [1.54, 1.807) is 0 Å². The summed E-state index contributed by atoms with van der Waals surface area (Å²) in [4.78, 5) is 15.2. The molecule has 1 aromatic rings. The lowest BCUT2D eigenvalue weighted by molar-refractivity contribution is -0.305. The Morgan fingerprint density at radius 3 is 2.64 bits per heavy atom. The van der Waals surface area contributed by atoms with E-state index in [1.165, 1.54) is 6.20 Å². The van der Waals surface area contributed by atoms with E-state index in [1.807, 2.05) is 0 Å². The highest BCUT2D eigenvalue weighted by atomic mass is 32.2. The smallest absolute Gasteiger partial charge is 0.330 e. The summed E-state index contributed by atoms with van der Waals surface area (Å²) in [5, 5.41) is 9.23. The number of nitrogens with one attached hydrogen (secondary N) is 1. The largest absolute Gasteiger partial charge is 0.482 e. The van der Waals surface area contributed by atoms with E-state index < -0.39 is 19.5 Å². The van der Waals surface area contributed by atoms with Gasteiger partial charge in [-0.2, -0.15) is 8.42 Å². The molecule has 0 saturated carbocycles. The van der Waals surface area contributed by atoms with Crippen molar-refractivity contribution in [2.24, 2.45) is 0 Å². The number of aromatic nitrogens is 2. The highest BCUT2D eigenvalue weighted by molar-refractivity contribution is 7.85. The Kier molecular flexibility index (Phi) is 1.61. The van der Waals surface area contributed by atoms with Crippen LogP contribution in [0, 0.1) is 10.1 Å². The molecule has 0 saturated heterocycles. The molecule has 0 unspecified atom stereocenters. The molecule has 8 heteroatoms. The number of sulfonamides is 1. The van der Waals surface area contributed by atoms with Crippen LogP contribution in [-0.2, 0) is 10.0 Å². The van der Waals surface area contributed by atoms with Crippen LogP contribution < -0.4 is 0 Å². The van der Waals surface area contributed by atoms with Crippen LogP contribution in [0.25, 0.3) is 0 Å². The van der Waals surface area contributed by atoms with Crippen LogP contribution in [-0.4, -0.2) is 22.7 Å². The number of hydrogen-bond acceptors (Lipinski definition) is 5. The molecule has 0 fully saturated rings. The fourth-order valence-electron chi connectivity index (χ4n) is 0.462.